The average molecular weight is 611 g/mol. The highest BCUT2D eigenvalue weighted by atomic mass is 32.2. The van der Waals surface area contributed by atoms with Crippen LogP contribution in [0.5, 0.6) is 5.75 Å². The molecule has 3 aromatic rings. The topological polar surface area (TPSA) is 105 Å². The highest BCUT2D eigenvalue weighted by molar-refractivity contribution is 7.90. The van der Waals surface area contributed by atoms with Gasteiger partial charge in [-0.3, -0.25) is 0 Å². The summed E-state index contributed by atoms with van der Waals surface area (Å²) in [4.78, 5) is 25.9. The Balaban J connectivity index is 1.87. The first-order valence-corrected chi connectivity index (χ1v) is 18.2. The lowest BCUT2D eigenvalue weighted by Crippen LogP contribution is -2.40. The summed E-state index contributed by atoms with van der Waals surface area (Å²) in [7, 11) is -4.15. The molecule has 0 bridgehead atoms. The third kappa shape index (κ3) is 8.64. The predicted octanol–water partition coefficient (Wildman–Crippen LogP) is 6.91. The maximum absolute atomic E-state index is 13.0. The number of benzene rings is 3. The summed E-state index contributed by atoms with van der Waals surface area (Å²) in [6, 6.07) is 21.8. The van der Waals surface area contributed by atoms with Crippen LogP contribution in [0.4, 0.5) is 4.79 Å². The molecule has 3 rings (SSSR count). The van der Waals surface area contributed by atoms with Crippen molar-refractivity contribution in [3.8, 4) is 5.75 Å². The van der Waals surface area contributed by atoms with E-state index in [0.29, 0.717) is 23.3 Å². The van der Waals surface area contributed by atoms with E-state index >= 15 is 0 Å². The van der Waals surface area contributed by atoms with Gasteiger partial charge in [-0.05, 0) is 59.1 Å². The van der Waals surface area contributed by atoms with Crippen molar-refractivity contribution < 1.29 is 36.6 Å². The minimum absolute atomic E-state index is 0.0596. The van der Waals surface area contributed by atoms with Gasteiger partial charge in [-0.1, -0.05) is 75.4 Å². The lowest BCUT2D eigenvalue weighted by molar-refractivity contribution is -0.133. The molecule has 224 valence electrons. The van der Waals surface area contributed by atoms with Crippen molar-refractivity contribution in [3.63, 3.8) is 0 Å². The predicted molar refractivity (Wildman–Crippen MR) is 165 cm³/mol. The standard InChI is InChI=1S/C32H38O8SSi/c1-32(2,3)42(6,7)39-21-23-12-11-15-26(20-23)40-31(34)38-22-28(24-16-18-27(19-17-24)41(5,35)36)29(30(33)37-4)25-13-9-8-10-14-25/h8-20H,21-22H2,1-7H3. The van der Waals surface area contributed by atoms with Crippen molar-refractivity contribution in [2.75, 3.05) is 20.0 Å². The molecule has 0 aliphatic rings. The molecule has 0 saturated heterocycles. The molecule has 42 heavy (non-hydrogen) atoms. The number of carbonyl (C=O) groups is 2. The van der Waals surface area contributed by atoms with E-state index in [1.807, 2.05) is 6.07 Å². The molecular formula is C32H38O8SSi. The Morgan fingerprint density at radius 1 is 0.857 bits per heavy atom. The number of methoxy groups -OCH3 is 1. The number of carbonyl (C=O) groups excluding carboxylic acids is 2. The molecule has 0 radical (unpaired) electrons. The molecule has 0 saturated carbocycles. The smallest absolute Gasteiger partial charge is 0.465 e. The van der Waals surface area contributed by atoms with E-state index in [0.717, 1.165) is 11.8 Å². The Morgan fingerprint density at radius 3 is 2.07 bits per heavy atom. The van der Waals surface area contributed by atoms with Crippen molar-refractivity contribution in [1.82, 2.24) is 0 Å². The van der Waals surface area contributed by atoms with Gasteiger partial charge in [0.15, 0.2) is 18.2 Å². The second-order valence-corrected chi connectivity index (χ2v) is 18.2. The highest BCUT2D eigenvalue weighted by Gasteiger charge is 2.37. The Hall–Kier alpha value is -3.73. The summed E-state index contributed by atoms with van der Waals surface area (Å²) >= 11 is 0. The first kappa shape index (κ1) is 32.8. The van der Waals surface area contributed by atoms with Crippen LogP contribution in [-0.2, 0) is 35.1 Å². The summed E-state index contributed by atoms with van der Waals surface area (Å²) in [6.07, 6.45) is 0.135. The first-order valence-electron chi connectivity index (χ1n) is 13.4. The number of esters is 1. The van der Waals surface area contributed by atoms with Crippen molar-refractivity contribution in [2.24, 2.45) is 0 Å². The summed E-state index contributed by atoms with van der Waals surface area (Å²) in [5, 5.41) is 0.0596. The SMILES string of the molecule is COC(=O)C(=C(COC(=O)Oc1cccc(CO[Si](C)(C)C(C)(C)C)c1)c1ccc(S(C)(=O)=O)cc1)c1ccccc1. The van der Waals surface area contributed by atoms with Gasteiger partial charge in [0, 0.05) is 11.8 Å². The lowest BCUT2D eigenvalue weighted by Gasteiger charge is -2.36. The first-order chi connectivity index (χ1) is 19.6. The zero-order chi connectivity index (χ0) is 31.1. The summed E-state index contributed by atoms with van der Waals surface area (Å²) in [6.45, 7) is 10.9. The molecule has 0 atom stereocenters. The van der Waals surface area contributed by atoms with Crippen LogP contribution in [0.1, 0.15) is 37.5 Å². The molecule has 0 amide bonds. The van der Waals surface area contributed by atoms with E-state index in [2.05, 4.69) is 33.9 Å². The monoisotopic (exact) mass is 610 g/mol. The Kier molecular flexibility index (Phi) is 10.5. The van der Waals surface area contributed by atoms with Crippen LogP contribution in [0.2, 0.25) is 18.1 Å². The van der Waals surface area contributed by atoms with Crippen LogP contribution in [0.25, 0.3) is 11.1 Å². The number of hydrogen-bond donors (Lipinski definition) is 0. The van der Waals surface area contributed by atoms with E-state index in [1.54, 1.807) is 60.7 Å². The van der Waals surface area contributed by atoms with Crippen molar-refractivity contribution in [1.29, 1.82) is 0 Å². The van der Waals surface area contributed by atoms with E-state index < -0.39 is 30.3 Å². The molecule has 0 fully saturated rings. The fraction of sp³-hybridized carbons (Fsp3) is 0.312. The fourth-order valence-corrected chi connectivity index (χ4v) is 5.35. The van der Waals surface area contributed by atoms with Gasteiger partial charge >= 0.3 is 12.1 Å². The molecular weight excluding hydrogens is 572 g/mol. The summed E-state index contributed by atoms with van der Waals surface area (Å²) < 4.78 is 46.3. The number of hydrogen-bond acceptors (Lipinski definition) is 8. The van der Waals surface area contributed by atoms with Gasteiger partial charge in [-0.2, -0.15) is 0 Å². The maximum Gasteiger partial charge on any atom is 0.514 e. The average Bonchev–Trinajstić information content (AvgIpc) is 2.93. The van der Waals surface area contributed by atoms with Crippen molar-refractivity contribution in [2.45, 2.75) is 50.4 Å². The van der Waals surface area contributed by atoms with E-state index in [9.17, 15) is 18.0 Å². The second-order valence-electron chi connectivity index (χ2n) is 11.3. The van der Waals surface area contributed by atoms with E-state index in [-0.39, 0.29) is 27.9 Å². The van der Waals surface area contributed by atoms with Crippen LogP contribution < -0.4 is 4.74 Å². The van der Waals surface area contributed by atoms with Crippen LogP contribution in [0, 0.1) is 0 Å². The molecule has 0 unspecified atom stereocenters. The van der Waals surface area contributed by atoms with Gasteiger partial charge in [0.2, 0.25) is 0 Å². The molecule has 0 aliphatic heterocycles. The number of rotatable bonds is 10. The summed E-state index contributed by atoms with van der Waals surface area (Å²) in [5.41, 5.74) is 2.36. The minimum Gasteiger partial charge on any atom is -0.465 e. The van der Waals surface area contributed by atoms with E-state index in [4.69, 9.17) is 18.6 Å². The Labute approximate surface area is 249 Å². The van der Waals surface area contributed by atoms with Gasteiger partial charge in [-0.25, -0.2) is 18.0 Å². The fourth-order valence-electron chi connectivity index (χ4n) is 3.76. The molecule has 0 spiro atoms. The van der Waals surface area contributed by atoms with Crippen molar-refractivity contribution >= 4 is 41.4 Å². The highest BCUT2D eigenvalue weighted by Crippen LogP contribution is 2.37. The summed E-state index contributed by atoms with van der Waals surface area (Å²) in [5.74, 6) is -0.356. The van der Waals surface area contributed by atoms with Crippen LogP contribution in [0.3, 0.4) is 0 Å². The Morgan fingerprint density at radius 2 is 1.50 bits per heavy atom. The molecule has 0 N–H and O–H groups in total. The zero-order valence-electron chi connectivity index (χ0n) is 25.1. The molecule has 0 aliphatic carbocycles. The van der Waals surface area contributed by atoms with Crippen LogP contribution in [0.15, 0.2) is 83.8 Å². The van der Waals surface area contributed by atoms with Crippen LogP contribution >= 0.6 is 0 Å². The second kappa shape index (κ2) is 13.5. The van der Waals surface area contributed by atoms with Crippen molar-refractivity contribution in [3.05, 3.63) is 95.6 Å². The zero-order valence-corrected chi connectivity index (χ0v) is 26.9. The van der Waals surface area contributed by atoms with Gasteiger partial charge in [0.05, 0.1) is 24.2 Å². The quantitative estimate of drug-likeness (QED) is 0.0802. The molecule has 0 heterocycles. The Bertz CT molecular complexity index is 1540. The van der Waals surface area contributed by atoms with E-state index in [1.165, 1.54) is 19.2 Å². The van der Waals surface area contributed by atoms with Gasteiger partial charge in [0.1, 0.15) is 12.4 Å². The lowest BCUT2D eigenvalue weighted by atomic mass is 9.95. The molecule has 3 aromatic carbocycles. The third-order valence-corrected chi connectivity index (χ3v) is 12.8. The number of ether oxygens (including phenoxy) is 3. The van der Waals surface area contributed by atoms with Crippen LogP contribution in [-0.4, -0.2) is 48.8 Å². The molecule has 0 aromatic heterocycles. The largest absolute Gasteiger partial charge is 0.514 e. The van der Waals surface area contributed by atoms with Gasteiger partial charge in [-0.15, -0.1) is 0 Å². The minimum atomic E-state index is -3.44. The molecule has 10 heteroatoms. The third-order valence-electron chi connectivity index (χ3n) is 7.22. The van der Waals surface area contributed by atoms with Gasteiger partial charge < -0.3 is 18.6 Å². The number of sulfone groups is 1. The molecule has 8 nitrogen and oxygen atoms in total. The maximum atomic E-state index is 13.0. The normalized spacial score (nSPS) is 12.7. The van der Waals surface area contributed by atoms with Gasteiger partial charge in [0.25, 0.3) is 0 Å².